The van der Waals surface area contributed by atoms with Crippen LogP contribution in [0.15, 0.2) is 86.2 Å². The van der Waals surface area contributed by atoms with E-state index in [4.69, 9.17) is 0 Å². The standard InChI is InChI=1S/C27H28N2O/c1-4-14-28-18-22(24-10-6-8-12-26(24)28)16-21(20(3)30)17-23-19-29(15-5-2)27-13-9-7-11-25(23)27/h4-13,18-19,21H,1-2,14-17H2,3H3. The Hall–Kier alpha value is -3.33. The second kappa shape index (κ2) is 8.58. The van der Waals surface area contributed by atoms with E-state index in [2.05, 4.69) is 83.2 Å². The van der Waals surface area contributed by atoms with Crippen molar-refractivity contribution < 1.29 is 4.79 Å². The van der Waals surface area contributed by atoms with Gasteiger partial charge in [0, 0.05) is 53.2 Å². The molecule has 0 fully saturated rings. The lowest BCUT2D eigenvalue weighted by Gasteiger charge is -2.13. The molecule has 0 aliphatic carbocycles. The number of nitrogens with zero attached hydrogens (tertiary/aromatic N) is 2. The quantitative estimate of drug-likeness (QED) is 0.321. The molecule has 2 heterocycles. The first-order valence-corrected chi connectivity index (χ1v) is 10.5. The van der Waals surface area contributed by atoms with Crippen molar-refractivity contribution in [3.63, 3.8) is 0 Å². The van der Waals surface area contributed by atoms with Crippen molar-refractivity contribution in [3.8, 4) is 0 Å². The number of carbonyl (C=O) groups is 1. The molecule has 2 aromatic heterocycles. The first-order valence-electron chi connectivity index (χ1n) is 10.5. The summed E-state index contributed by atoms with van der Waals surface area (Å²) in [5, 5.41) is 2.44. The zero-order chi connectivity index (χ0) is 21.1. The summed E-state index contributed by atoms with van der Waals surface area (Å²) in [5.41, 5.74) is 4.83. The lowest BCUT2D eigenvalue weighted by Crippen LogP contribution is -2.17. The lowest BCUT2D eigenvalue weighted by molar-refractivity contribution is -0.120. The number of Topliss-reactive ketones (excluding diaryl/α,β-unsaturated/α-hetero) is 1. The predicted molar refractivity (Wildman–Crippen MR) is 126 cm³/mol. The summed E-state index contributed by atoms with van der Waals surface area (Å²) in [4.78, 5) is 12.6. The Morgan fingerprint density at radius 3 is 1.67 bits per heavy atom. The van der Waals surface area contributed by atoms with Gasteiger partial charge in [-0.1, -0.05) is 48.6 Å². The number of hydrogen-bond acceptors (Lipinski definition) is 1. The van der Waals surface area contributed by atoms with E-state index in [9.17, 15) is 4.79 Å². The molecule has 0 unspecified atom stereocenters. The molecule has 152 valence electrons. The Balaban J connectivity index is 1.69. The number of para-hydroxylation sites is 2. The maximum atomic E-state index is 12.6. The molecule has 2 aromatic carbocycles. The summed E-state index contributed by atoms with van der Waals surface area (Å²) in [6.45, 7) is 11.0. The summed E-state index contributed by atoms with van der Waals surface area (Å²) in [7, 11) is 0. The Kier molecular flexibility index (Phi) is 5.71. The highest BCUT2D eigenvalue weighted by Crippen LogP contribution is 2.28. The van der Waals surface area contributed by atoms with E-state index >= 15 is 0 Å². The van der Waals surface area contributed by atoms with Crippen LogP contribution in [-0.4, -0.2) is 14.9 Å². The molecule has 3 heteroatoms. The van der Waals surface area contributed by atoms with Crippen LogP contribution in [0, 0.1) is 5.92 Å². The van der Waals surface area contributed by atoms with Crippen molar-refractivity contribution in [3.05, 3.63) is 97.4 Å². The Morgan fingerprint density at radius 2 is 1.27 bits per heavy atom. The molecular formula is C27H28N2O. The van der Waals surface area contributed by atoms with Crippen LogP contribution in [0.25, 0.3) is 21.8 Å². The molecule has 0 aliphatic rings. The van der Waals surface area contributed by atoms with Crippen LogP contribution in [0.2, 0.25) is 0 Å². The molecule has 4 rings (SSSR count). The van der Waals surface area contributed by atoms with E-state index in [0.717, 1.165) is 25.9 Å². The molecule has 0 N–H and O–H groups in total. The van der Waals surface area contributed by atoms with Crippen LogP contribution in [-0.2, 0) is 30.7 Å². The number of allylic oxidation sites excluding steroid dienone is 2. The molecule has 4 aromatic rings. The highest BCUT2D eigenvalue weighted by Gasteiger charge is 2.21. The van der Waals surface area contributed by atoms with Crippen LogP contribution >= 0.6 is 0 Å². The van der Waals surface area contributed by atoms with Crippen molar-refractivity contribution >= 4 is 27.6 Å². The second-order valence-electron chi connectivity index (χ2n) is 7.94. The summed E-state index contributed by atoms with van der Waals surface area (Å²) in [6.07, 6.45) is 9.66. The Morgan fingerprint density at radius 1 is 0.833 bits per heavy atom. The fourth-order valence-electron chi connectivity index (χ4n) is 4.44. The van der Waals surface area contributed by atoms with Gasteiger partial charge in [-0.2, -0.15) is 0 Å². The smallest absolute Gasteiger partial charge is 0.133 e. The minimum absolute atomic E-state index is 0.0593. The van der Waals surface area contributed by atoms with Gasteiger partial charge in [-0.05, 0) is 43.0 Å². The molecule has 0 bridgehead atoms. The monoisotopic (exact) mass is 396 g/mol. The summed E-state index contributed by atoms with van der Waals surface area (Å²) in [6, 6.07) is 16.8. The van der Waals surface area contributed by atoms with E-state index in [1.807, 2.05) is 12.2 Å². The van der Waals surface area contributed by atoms with Gasteiger partial charge in [0.2, 0.25) is 0 Å². The fourth-order valence-corrected chi connectivity index (χ4v) is 4.44. The molecule has 0 radical (unpaired) electrons. The largest absolute Gasteiger partial charge is 0.343 e. The van der Waals surface area contributed by atoms with Crippen LogP contribution in [0.5, 0.6) is 0 Å². The third kappa shape index (κ3) is 3.76. The molecule has 3 nitrogen and oxygen atoms in total. The summed E-state index contributed by atoms with van der Waals surface area (Å²) < 4.78 is 4.43. The Bertz CT molecular complexity index is 1130. The number of fused-ring (bicyclic) bond motifs is 2. The molecule has 0 atom stereocenters. The van der Waals surface area contributed by atoms with Gasteiger partial charge in [-0.25, -0.2) is 0 Å². The normalized spacial score (nSPS) is 11.4. The van der Waals surface area contributed by atoms with Gasteiger partial charge in [-0.3, -0.25) is 4.79 Å². The van der Waals surface area contributed by atoms with E-state index in [1.165, 1.54) is 32.9 Å². The number of benzene rings is 2. The Labute approximate surface area is 177 Å². The van der Waals surface area contributed by atoms with Crippen molar-refractivity contribution in [2.75, 3.05) is 0 Å². The van der Waals surface area contributed by atoms with Crippen molar-refractivity contribution in [1.82, 2.24) is 9.13 Å². The number of aromatic nitrogens is 2. The highest BCUT2D eigenvalue weighted by atomic mass is 16.1. The van der Waals surface area contributed by atoms with Crippen LogP contribution < -0.4 is 0 Å². The van der Waals surface area contributed by atoms with Crippen LogP contribution in [0.3, 0.4) is 0 Å². The van der Waals surface area contributed by atoms with Gasteiger partial charge in [0.25, 0.3) is 0 Å². The van der Waals surface area contributed by atoms with E-state index in [1.54, 1.807) is 6.92 Å². The van der Waals surface area contributed by atoms with Crippen LogP contribution in [0.4, 0.5) is 0 Å². The number of hydrogen-bond donors (Lipinski definition) is 0. The van der Waals surface area contributed by atoms with E-state index < -0.39 is 0 Å². The van der Waals surface area contributed by atoms with E-state index in [-0.39, 0.29) is 11.7 Å². The third-order valence-corrected chi connectivity index (χ3v) is 5.90. The van der Waals surface area contributed by atoms with E-state index in [0.29, 0.717) is 0 Å². The highest BCUT2D eigenvalue weighted by molar-refractivity contribution is 5.87. The zero-order valence-corrected chi connectivity index (χ0v) is 17.6. The average Bonchev–Trinajstić information content (AvgIpc) is 3.27. The SMILES string of the molecule is C=CCn1cc(CC(Cc2cn(CC=C)c3ccccc23)C(C)=O)c2ccccc21. The van der Waals surface area contributed by atoms with Gasteiger partial charge in [0.15, 0.2) is 0 Å². The van der Waals surface area contributed by atoms with Crippen molar-refractivity contribution in [2.24, 2.45) is 5.92 Å². The minimum Gasteiger partial charge on any atom is -0.343 e. The topological polar surface area (TPSA) is 26.9 Å². The molecule has 0 spiro atoms. The van der Waals surface area contributed by atoms with Crippen molar-refractivity contribution in [2.45, 2.75) is 32.9 Å². The maximum absolute atomic E-state index is 12.6. The molecule has 0 saturated heterocycles. The molecule has 0 saturated carbocycles. The van der Waals surface area contributed by atoms with Gasteiger partial charge >= 0.3 is 0 Å². The minimum atomic E-state index is -0.0593. The summed E-state index contributed by atoms with van der Waals surface area (Å²) in [5.74, 6) is 0.173. The number of ketones is 1. The van der Waals surface area contributed by atoms with Gasteiger partial charge in [0.05, 0.1) is 0 Å². The number of carbonyl (C=O) groups excluding carboxylic acids is 1. The predicted octanol–water partition coefficient (Wildman–Crippen LogP) is 5.96. The third-order valence-electron chi connectivity index (χ3n) is 5.90. The number of rotatable bonds is 9. The first kappa shape index (κ1) is 20.0. The average molecular weight is 397 g/mol. The lowest BCUT2D eigenvalue weighted by atomic mass is 9.89. The molecule has 0 amide bonds. The second-order valence-corrected chi connectivity index (χ2v) is 7.94. The zero-order valence-electron chi connectivity index (χ0n) is 17.6. The first-order chi connectivity index (χ1) is 14.6. The van der Waals surface area contributed by atoms with Crippen LogP contribution in [0.1, 0.15) is 18.1 Å². The summed E-state index contributed by atoms with van der Waals surface area (Å²) >= 11 is 0. The van der Waals surface area contributed by atoms with Crippen molar-refractivity contribution in [1.29, 1.82) is 0 Å². The molecular weight excluding hydrogens is 368 g/mol. The van der Waals surface area contributed by atoms with Gasteiger partial charge in [-0.15, -0.1) is 13.2 Å². The van der Waals surface area contributed by atoms with Gasteiger partial charge < -0.3 is 9.13 Å². The maximum Gasteiger partial charge on any atom is 0.133 e. The fraction of sp³-hybridized carbons (Fsp3) is 0.222. The van der Waals surface area contributed by atoms with Gasteiger partial charge in [0.1, 0.15) is 5.78 Å². The molecule has 0 aliphatic heterocycles. The molecule has 30 heavy (non-hydrogen) atoms.